The number of benzene rings is 2. The van der Waals surface area contributed by atoms with E-state index in [1.807, 2.05) is 6.07 Å². The number of nitrogens with zero attached hydrogens (tertiary/aromatic N) is 1. The first-order valence-corrected chi connectivity index (χ1v) is 10.4. The molecule has 0 bridgehead atoms. The van der Waals surface area contributed by atoms with Gasteiger partial charge in [0.05, 0.1) is 11.0 Å². The molecule has 0 N–H and O–H groups in total. The van der Waals surface area contributed by atoms with Crippen LogP contribution in [0.4, 0.5) is 5.69 Å². The Morgan fingerprint density at radius 3 is 2.52 bits per heavy atom. The molecule has 3 aromatic rings. The zero-order valence-electron chi connectivity index (χ0n) is 16.2. The molecule has 2 saturated carbocycles. The molecule has 0 aliphatic heterocycles. The van der Waals surface area contributed by atoms with Gasteiger partial charge in [-0.2, -0.15) is 0 Å². The van der Waals surface area contributed by atoms with Gasteiger partial charge >= 0.3 is 0 Å². The fraction of sp³-hybridized carbons (Fsp3) is 0.435. The highest BCUT2D eigenvalue weighted by atomic mass is 16.6. The van der Waals surface area contributed by atoms with Crippen molar-refractivity contribution in [3.05, 3.63) is 46.0 Å². The van der Waals surface area contributed by atoms with Gasteiger partial charge in [-0.25, -0.2) is 0 Å². The van der Waals surface area contributed by atoms with Crippen molar-refractivity contribution < 1.29 is 18.9 Å². The molecule has 0 spiro atoms. The van der Waals surface area contributed by atoms with Crippen LogP contribution in [0.5, 0.6) is 5.75 Å². The number of hydrogen-bond donors (Lipinski definition) is 0. The third-order valence-corrected chi connectivity index (χ3v) is 6.39. The summed E-state index contributed by atoms with van der Waals surface area (Å²) in [5.74, 6) is 1.27. The Morgan fingerprint density at radius 1 is 1.03 bits per heavy atom. The second-order valence-corrected chi connectivity index (χ2v) is 8.23. The number of nitro benzene ring substituents is 1. The Morgan fingerprint density at radius 2 is 1.79 bits per heavy atom. The van der Waals surface area contributed by atoms with E-state index >= 15 is 0 Å². The minimum Gasteiger partial charge on any atom is -0.486 e. The third-order valence-electron chi connectivity index (χ3n) is 6.39. The van der Waals surface area contributed by atoms with Crippen molar-refractivity contribution in [1.82, 2.24) is 0 Å². The number of ketones is 1. The van der Waals surface area contributed by atoms with Gasteiger partial charge in [-0.15, -0.1) is 0 Å². The van der Waals surface area contributed by atoms with Crippen molar-refractivity contribution in [3.8, 4) is 5.75 Å². The number of furan rings is 1. The maximum absolute atomic E-state index is 11.7. The van der Waals surface area contributed by atoms with Crippen LogP contribution in [0.25, 0.3) is 21.9 Å². The first-order chi connectivity index (χ1) is 14.1. The molecule has 0 saturated heterocycles. The molecule has 2 aliphatic carbocycles. The van der Waals surface area contributed by atoms with Crippen LogP contribution in [0.15, 0.2) is 34.7 Å². The summed E-state index contributed by atoms with van der Waals surface area (Å²) in [5, 5.41) is 13.0. The minimum atomic E-state index is -0.379. The Labute approximate surface area is 168 Å². The van der Waals surface area contributed by atoms with Crippen molar-refractivity contribution in [2.75, 3.05) is 0 Å². The molecule has 0 amide bonds. The van der Waals surface area contributed by atoms with Gasteiger partial charge in [-0.1, -0.05) is 6.07 Å². The number of nitro groups is 1. The zero-order valence-corrected chi connectivity index (χ0v) is 16.2. The lowest BCUT2D eigenvalue weighted by molar-refractivity contribution is -0.384. The van der Waals surface area contributed by atoms with Gasteiger partial charge in [0.1, 0.15) is 11.4 Å². The Kier molecular flexibility index (Phi) is 4.49. The number of carbonyl (C=O) groups excluding carboxylic acids is 1. The normalized spacial score (nSPS) is 18.7. The van der Waals surface area contributed by atoms with Crippen LogP contribution in [0.2, 0.25) is 0 Å². The van der Waals surface area contributed by atoms with Crippen molar-refractivity contribution in [2.24, 2.45) is 0 Å². The number of hydrogen-bond acceptors (Lipinski definition) is 5. The average molecular weight is 393 g/mol. The van der Waals surface area contributed by atoms with Gasteiger partial charge < -0.3 is 9.15 Å². The lowest BCUT2D eigenvalue weighted by Crippen LogP contribution is -2.13. The van der Waals surface area contributed by atoms with E-state index in [1.54, 1.807) is 12.1 Å². The number of rotatable bonds is 4. The molecule has 2 aliphatic rings. The van der Waals surface area contributed by atoms with Crippen LogP contribution in [0.1, 0.15) is 62.8 Å². The Bertz CT molecular complexity index is 1100. The summed E-state index contributed by atoms with van der Waals surface area (Å²) in [7, 11) is 0. The van der Waals surface area contributed by atoms with Crippen molar-refractivity contribution in [2.45, 2.75) is 63.4 Å². The summed E-state index contributed by atoms with van der Waals surface area (Å²) in [5.41, 5.74) is 2.45. The molecular weight excluding hydrogens is 370 g/mol. The topological polar surface area (TPSA) is 82.6 Å². The standard InChI is InChI=1S/C23H23NO5/c25-16-8-5-14(6-9-16)18-10-12-21(28-17-3-1-2-4-17)23-22(18)19-13-15(24(26)27)7-11-20(19)29-23/h7,10-14,17H,1-6,8-9H2. The van der Waals surface area contributed by atoms with Crippen molar-refractivity contribution in [1.29, 1.82) is 0 Å². The van der Waals surface area contributed by atoms with E-state index in [0.29, 0.717) is 35.5 Å². The highest BCUT2D eigenvalue weighted by Crippen LogP contribution is 2.44. The van der Waals surface area contributed by atoms with E-state index in [9.17, 15) is 14.9 Å². The molecule has 1 aromatic heterocycles. The molecule has 2 aromatic carbocycles. The van der Waals surface area contributed by atoms with Crippen LogP contribution >= 0.6 is 0 Å². The number of ether oxygens (including phenoxy) is 1. The smallest absolute Gasteiger partial charge is 0.270 e. The van der Waals surface area contributed by atoms with Crippen LogP contribution < -0.4 is 4.74 Å². The van der Waals surface area contributed by atoms with Gasteiger partial charge in [0.25, 0.3) is 5.69 Å². The highest BCUT2D eigenvalue weighted by molar-refractivity contribution is 6.09. The largest absolute Gasteiger partial charge is 0.486 e. The summed E-state index contributed by atoms with van der Waals surface area (Å²) in [4.78, 5) is 22.7. The molecule has 150 valence electrons. The molecule has 29 heavy (non-hydrogen) atoms. The molecule has 2 fully saturated rings. The first kappa shape index (κ1) is 18.2. The minimum absolute atomic E-state index is 0.0482. The van der Waals surface area contributed by atoms with E-state index in [1.165, 1.54) is 18.9 Å². The van der Waals surface area contributed by atoms with Gasteiger partial charge in [0.2, 0.25) is 0 Å². The monoisotopic (exact) mass is 393 g/mol. The van der Waals surface area contributed by atoms with Crippen molar-refractivity contribution in [3.63, 3.8) is 0 Å². The summed E-state index contributed by atoms with van der Waals surface area (Å²) in [6.07, 6.45) is 7.41. The molecule has 6 heteroatoms. The number of non-ortho nitro benzene ring substituents is 1. The molecule has 0 radical (unpaired) electrons. The number of Topliss-reactive ketones (excluding diaryl/α,β-unsaturated/α-hetero) is 1. The average Bonchev–Trinajstić information content (AvgIpc) is 3.36. The van der Waals surface area contributed by atoms with E-state index in [4.69, 9.17) is 9.15 Å². The summed E-state index contributed by atoms with van der Waals surface area (Å²) < 4.78 is 12.4. The molecule has 5 rings (SSSR count). The van der Waals surface area contributed by atoms with Gasteiger partial charge in [0.15, 0.2) is 11.3 Å². The predicted octanol–water partition coefficient (Wildman–Crippen LogP) is 6.04. The predicted molar refractivity (Wildman–Crippen MR) is 109 cm³/mol. The van der Waals surface area contributed by atoms with Gasteiger partial charge in [0, 0.05) is 35.7 Å². The quantitative estimate of drug-likeness (QED) is 0.398. The van der Waals surface area contributed by atoms with E-state index < -0.39 is 0 Å². The van der Waals surface area contributed by atoms with E-state index in [2.05, 4.69) is 6.07 Å². The molecule has 1 heterocycles. The SMILES string of the molecule is O=C1CCC(c2ccc(OC3CCCC3)c3oc4ccc([N+](=O)[O-])cc4c23)CC1. The van der Waals surface area contributed by atoms with Crippen LogP contribution in [-0.2, 0) is 4.79 Å². The maximum atomic E-state index is 11.7. The van der Waals surface area contributed by atoms with Gasteiger partial charge in [-0.3, -0.25) is 14.9 Å². The van der Waals surface area contributed by atoms with Gasteiger partial charge in [-0.05, 0) is 62.1 Å². The first-order valence-electron chi connectivity index (χ1n) is 10.4. The summed E-state index contributed by atoms with van der Waals surface area (Å²) in [6.45, 7) is 0. The zero-order chi connectivity index (χ0) is 20.0. The fourth-order valence-corrected chi connectivity index (χ4v) is 4.85. The fourth-order valence-electron chi connectivity index (χ4n) is 4.85. The molecule has 6 nitrogen and oxygen atoms in total. The summed E-state index contributed by atoms with van der Waals surface area (Å²) >= 11 is 0. The lowest BCUT2D eigenvalue weighted by atomic mass is 9.82. The maximum Gasteiger partial charge on any atom is 0.270 e. The number of carbonyl (C=O) groups is 1. The Hall–Kier alpha value is -2.89. The van der Waals surface area contributed by atoms with E-state index in [0.717, 1.165) is 42.0 Å². The van der Waals surface area contributed by atoms with E-state index in [-0.39, 0.29) is 22.6 Å². The number of fused-ring (bicyclic) bond motifs is 3. The highest BCUT2D eigenvalue weighted by Gasteiger charge is 2.27. The van der Waals surface area contributed by atoms with Crippen molar-refractivity contribution >= 4 is 33.4 Å². The van der Waals surface area contributed by atoms with Crippen LogP contribution in [0, 0.1) is 10.1 Å². The van der Waals surface area contributed by atoms with Crippen LogP contribution in [0.3, 0.4) is 0 Å². The third kappa shape index (κ3) is 3.26. The summed E-state index contributed by atoms with van der Waals surface area (Å²) in [6, 6.07) is 8.78. The Balaban J connectivity index is 1.68. The second-order valence-electron chi connectivity index (χ2n) is 8.23. The molecule has 0 atom stereocenters. The lowest BCUT2D eigenvalue weighted by Gasteiger charge is -2.23. The van der Waals surface area contributed by atoms with Crippen LogP contribution in [-0.4, -0.2) is 16.8 Å². The molecule has 0 unspecified atom stereocenters. The molecular formula is C23H23NO5. The second kappa shape index (κ2) is 7.17.